The highest BCUT2D eigenvalue weighted by Crippen LogP contribution is 2.23. The van der Waals surface area contributed by atoms with E-state index >= 15 is 0 Å². The highest BCUT2D eigenvalue weighted by atomic mass is 15.4. The molecule has 3 heterocycles. The van der Waals surface area contributed by atoms with Crippen LogP contribution in [0.3, 0.4) is 0 Å². The van der Waals surface area contributed by atoms with Gasteiger partial charge < -0.3 is 5.32 Å². The van der Waals surface area contributed by atoms with Crippen molar-refractivity contribution in [3.05, 3.63) is 24.2 Å². The van der Waals surface area contributed by atoms with Gasteiger partial charge in [-0.25, -0.2) is 14.6 Å². The van der Waals surface area contributed by atoms with Gasteiger partial charge in [-0.1, -0.05) is 5.21 Å². The van der Waals surface area contributed by atoms with Gasteiger partial charge in [-0.05, 0) is 38.4 Å². The first-order valence-corrected chi connectivity index (χ1v) is 6.24. The van der Waals surface area contributed by atoms with E-state index in [9.17, 15) is 0 Å². The lowest BCUT2D eigenvalue weighted by Crippen LogP contribution is -2.30. The number of aromatic nitrogens is 5. The standard InChI is InChI=1S/C12H16N6/c1-9-6-14-12(15-7-9)11-8-16-17-18(11)10-2-4-13-5-3-10/h6-8,10,13H,2-5H2,1H3. The van der Waals surface area contributed by atoms with Crippen LogP contribution < -0.4 is 5.32 Å². The summed E-state index contributed by atoms with van der Waals surface area (Å²) in [5, 5.41) is 11.6. The number of nitrogens with one attached hydrogen (secondary N) is 1. The van der Waals surface area contributed by atoms with E-state index < -0.39 is 0 Å². The van der Waals surface area contributed by atoms with E-state index in [0.717, 1.165) is 37.2 Å². The first kappa shape index (κ1) is 11.3. The molecule has 1 aliphatic heterocycles. The monoisotopic (exact) mass is 244 g/mol. The van der Waals surface area contributed by atoms with Gasteiger partial charge in [-0.2, -0.15) is 0 Å². The average Bonchev–Trinajstić information content (AvgIpc) is 2.90. The van der Waals surface area contributed by atoms with Gasteiger partial charge in [0.1, 0.15) is 5.69 Å². The van der Waals surface area contributed by atoms with E-state index in [1.54, 1.807) is 6.20 Å². The lowest BCUT2D eigenvalue weighted by Gasteiger charge is -2.23. The molecule has 2 aromatic rings. The van der Waals surface area contributed by atoms with Crippen molar-refractivity contribution in [1.82, 2.24) is 30.3 Å². The fraction of sp³-hybridized carbons (Fsp3) is 0.500. The Labute approximate surface area is 105 Å². The summed E-state index contributed by atoms with van der Waals surface area (Å²) in [4.78, 5) is 8.70. The number of nitrogens with zero attached hydrogens (tertiary/aromatic N) is 5. The summed E-state index contributed by atoms with van der Waals surface area (Å²) in [6, 6.07) is 0.397. The van der Waals surface area contributed by atoms with Gasteiger partial charge in [0, 0.05) is 12.4 Å². The van der Waals surface area contributed by atoms with E-state index in [-0.39, 0.29) is 0 Å². The van der Waals surface area contributed by atoms with Crippen molar-refractivity contribution in [3.63, 3.8) is 0 Å². The van der Waals surface area contributed by atoms with Crippen LogP contribution in [0.25, 0.3) is 11.5 Å². The Morgan fingerprint density at radius 3 is 2.61 bits per heavy atom. The van der Waals surface area contributed by atoms with Crippen molar-refractivity contribution >= 4 is 0 Å². The smallest absolute Gasteiger partial charge is 0.179 e. The second kappa shape index (κ2) is 4.81. The zero-order chi connectivity index (χ0) is 12.4. The van der Waals surface area contributed by atoms with Crippen LogP contribution >= 0.6 is 0 Å². The first-order valence-electron chi connectivity index (χ1n) is 6.24. The van der Waals surface area contributed by atoms with Gasteiger partial charge in [-0.15, -0.1) is 5.10 Å². The van der Waals surface area contributed by atoms with Crippen molar-refractivity contribution in [3.8, 4) is 11.5 Å². The van der Waals surface area contributed by atoms with Crippen LogP contribution in [-0.2, 0) is 0 Å². The molecule has 0 amide bonds. The maximum atomic E-state index is 4.35. The molecule has 1 saturated heterocycles. The zero-order valence-corrected chi connectivity index (χ0v) is 10.4. The maximum absolute atomic E-state index is 4.35. The Balaban J connectivity index is 1.93. The molecule has 0 radical (unpaired) electrons. The van der Waals surface area contributed by atoms with Crippen LogP contribution in [0.1, 0.15) is 24.4 Å². The molecule has 0 unspecified atom stereocenters. The second-order valence-electron chi connectivity index (χ2n) is 4.63. The molecule has 0 aromatic carbocycles. The Morgan fingerprint density at radius 2 is 1.89 bits per heavy atom. The number of aryl methyl sites for hydroxylation is 1. The first-order chi connectivity index (χ1) is 8.84. The van der Waals surface area contributed by atoms with Gasteiger partial charge in [0.25, 0.3) is 0 Å². The summed E-state index contributed by atoms with van der Waals surface area (Å²) < 4.78 is 1.96. The fourth-order valence-corrected chi connectivity index (χ4v) is 2.25. The minimum atomic E-state index is 0.397. The molecule has 0 aliphatic carbocycles. The van der Waals surface area contributed by atoms with Gasteiger partial charge >= 0.3 is 0 Å². The SMILES string of the molecule is Cc1cnc(-c2cnnn2C2CCNCC2)nc1. The highest BCUT2D eigenvalue weighted by molar-refractivity contribution is 5.47. The molecule has 0 bridgehead atoms. The minimum Gasteiger partial charge on any atom is -0.317 e. The number of hydrogen-bond donors (Lipinski definition) is 1. The van der Waals surface area contributed by atoms with E-state index in [1.807, 2.05) is 24.0 Å². The Bertz CT molecular complexity index is 512. The van der Waals surface area contributed by atoms with Crippen molar-refractivity contribution < 1.29 is 0 Å². The van der Waals surface area contributed by atoms with Crippen LogP contribution in [0, 0.1) is 6.92 Å². The quantitative estimate of drug-likeness (QED) is 0.852. The summed E-state index contributed by atoms with van der Waals surface area (Å²) in [6.07, 6.45) is 7.53. The molecule has 3 rings (SSSR count). The van der Waals surface area contributed by atoms with Crippen molar-refractivity contribution in [2.45, 2.75) is 25.8 Å². The summed E-state index contributed by atoms with van der Waals surface area (Å²) in [7, 11) is 0. The Hall–Kier alpha value is -1.82. The lowest BCUT2D eigenvalue weighted by molar-refractivity contribution is 0.340. The molecule has 6 nitrogen and oxygen atoms in total. The zero-order valence-electron chi connectivity index (χ0n) is 10.4. The normalized spacial score (nSPS) is 16.9. The molecule has 2 aromatic heterocycles. The summed E-state index contributed by atoms with van der Waals surface area (Å²) in [6.45, 7) is 4.03. The van der Waals surface area contributed by atoms with Gasteiger partial charge in [0.15, 0.2) is 5.82 Å². The van der Waals surface area contributed by atoms with Crippen molar-refractivity contribution in [2.24, 2.45) is 0 Å². The molecule has 0 atom stereocenters. The van der Waals surface area contributed by atoms with Crippen molar-refractivity contribution in [2.75, 3.05) is 13.1 Å². The predicted octanol–water partition coefficient (Wildman–Crippen LogP) is 0.968. The molecular weight excluding hydrogens is 228 g/mol. The third-order valence-electron chi connectivity index (χ3n) is 3.24. The Kier molecular flexibility index (Phi) is 3.02. The molecule has 18 heavy (non-hydrogen) atoms. The third kappa shape index (κ3) is 2.11. The van der Waals surface area contributed by atoms with Crippen LogP contribution in [-0.4, -0.2) is 38.1 Å². The molecule has 1 fully saturated rings. The van der Waals surface area contributed by atoms with E-state index in [0.29, 0.717) is 11.9 Å². The molecule has 6 heteroatoms. The summed E-state index contributed by atoms with van der Waals surface area (Å²) in [5.74, 6) is 0.698. The van der Waals surface area contributed by atoms with Crippen molar-refractivity contribution in [1.29, 1.82) is 0 Å². The van der Waals surface area contributed by atoms with Crippen LogP contribution in [0.5, 0.6) is 0 Å². The summed E-state index contributed by atoms with van der Waals surface area (Å²) >= 11 is 0. The molecule has 1 N–H and O–H groups in total. The van der Waals surface area contributed by atoms with Gasteiger partial charge in [0.2, 0.25) is 0 Å². The van der Waals surface area contributed by atoms with Crippen LogP contribution in [0.15, 0.2) is 18.6 Å². The van der Waals surface area contributed by atoms with Crippen LogP contribution in [0.4, 0.5) is 0 Å². The molecule has 0 saturated carbocycles. The topological polar surface area (TPSA) is 68.5 Å². The van der Waals surface area contributed by atoms with E-state index in [4.69, 9.17) is 0 Å². The maximum Gasteiger partial charge on any atom is 0.179 e. The lowest BCUT2D eigenvalue weighted by atomic mass is 10.1. The van der Waals surface area contributed by atoms with Gasteiger partial charge in [-0.3, -0.25) is 0 Å². The number of piperidine rings is 1. The Morgan fingerprint density at radius 1 is 1.17 bits per heavy atom. The largest absolute Gasteiger partial charge is 0.317 e. The average molecular weight is 244 g/mol. The molecule has 1 aliphatic rings. The number of hydrogen-bond acceptors (Lipinski definition) is 5. The summed E-state index contributed by atoms with van der Waals surface area (Å²) in [5.41, 5.74) is 1.96. The number of rotatable bonds is 2. The van der Waals surface area contributed by atoms with E-state index in [2.05, 4.69) is 25.6 Å². The van der Waals surface area contributed by atoms with Gasteiger partial charge in [0.05, 0.1) is 12.2 Å². The highest BCUT2D eigenvalue weighted by Gasteiger charge is 2.20. The minimum absolute atomic E-state index is 0.397. The second-order valence-corrected chi connectivity index (χ2v) is 4.63. The third-order valence-corrected chi connectivity index (χ3v) is 3.24. The molecule has 94 valence electrons. The molecular formula is C12H16N6. The van der Waals surface area contributed by atoms with Crippen LogP contribution in [0.2, 0.25) is 0 Å². The molecule has 0 spiro atoms. The fourth-order valence-electron chi connectivity index (χ4n) is 2.25. The predicted molar refractivity (Wildman–Crippen MR) is 66.9 cm³/mol. The van der Waals surface area contributed by atoms with E-state index in [1.165, 1.54) is 0 Å².